The zero-order valence-corrected chi connectivity index (χ0v) is 9.82. The van der Waals surface area contributed by atoms with Crippen LogP contribution in [0.3, 0.4) is 0 Å². The van der Waals surface area contributed by atoms with Crippen LogP contribution in [-0.2, 0) is 0 Å². The summed E-state index contributed by atoms with van der Waals surface area (Å²) in [6.45, 7) is 4.33. The Balaban J connectivity index is 2.82. The van der Waals surface area contributed by atoms with Crippen LogP contribution in [0.5, 0.6) is 0 Å². The van der Waals surface area contributed by atoms with E-state index in [9.17, 15) is 0 Å². The Labute approximate surface area is 94.1 Å². The van der Waals surface area contributed by atoms with E-state index in [0.29, 0.717) is 15.8 Å². The van der Waals surface area contributed by atoms with E-state index < -0.39 is 0 Å². The van der Waals surface area contributed by atoms with Crippen molar-refractivity contribution in [2.45, 2.75) is 30.4 Å². The standard InChI is InChI=1S/C11H12ClNS/c1-3-8(2)14-10-5-4-9(7-13)11(12)6-10/h4-6,8H,3H2,1-2H3. The normalized spacial score (nSPS) is 12.1. The van der Waals surface area contributed by atoms with Gasteiger partial charge in [-0.05, 0) is 24.6 Å². The molecule has 1 aromatic rings. The molecule has 0 saturated heterocycles. The van der Waals surface area contributed by atoms with E-state index in [2.05, 4.69) is 13.8 Å². The summed E-state index contributed by atoms with van der Waals surface area (Å²) in [5.41, 5.74) is 0.542. The minimum absolute atomic E-state index is 0.542. The smallest absolute Gasteiger partial charge is 0.101 e. The molecule has 0 saturated carbocycles. The van der Waals surface area contributed by atoms with Crippen molar-refractivity contribution in [1.29, 1.82) is 5.26 Å². The molecule has 1 atom stereocenters. The monoisotopic (exact) mass is 225 g/mol. The molecular weight excluding hydrogens is 214 g/mol. The lowest BCUT2D eigenvalue weighted by molar-refractivity contribution is 0.905. The molecule has 14 heavy (non-hydrogen) atoms. The van der Waals surface area contributed by atoms with Crippen LogP contribution in [0.4, 0.5) is 0 Å². The summed E-state index contributed by atoms with van der Waals surface area (Å²) in [5.74, 6) is 0. The number of rotatable bonds is 3. The summed E-state index contributed by atoms with van der Waals surface area (Å²) in [6, 6.07) is 7.62. The molecule has 0 radical (unpaired) electrons. The number of nitrogens with zero attached hydrogens (tertiary/aromatic N) is 1. The van der Waals surface area contributed by atoms with Crippen molar-refractivity contribution in [2.75, 3.05) is 0 Å². The Morgan fingerprint density at radius 2 is 2.29 bits per heavy atom. The maximum absolute atomic E-state index is 8.70. The number of halogens is 1. The third kappa shape index (κ3) is 2.94. The molecule has 3 heteroatoms. The highest BCUT2D eigenvalue weighted by molar-refractivity contribution is 7.99. The number of thioether (sulfide) groups is 1. The first-order valence-electron chi connectivity index (χ1n) is 4.53. The topological polar surface area (TPSA) is 23.8 Å². The van der Waals surface area contributed by atoms with Crippen LogP contribution in [-0.4, -0.2) is 5.25 Å². The van der Waals surface area contributed by atoms with Gasteiger partial charge in [-0.25, -0.2) is 0 Å². The van der Waals surface area contributed by atoms with Crippen LogP contribution < -0.4 is 0 Å². The van der Waals surface area contributed by atoms with E-state index >= 15 is 0 Å². The molecule has 1 aromatic carbocycles. The highest BCUT2D eigenvalue weighted by Gasteiger charge is 2.04. The lowest BCUT2D eigenvalue weighted by Crippen LogP contribution is -1.91. The van der Waals surface area contributed by atoms with Crippen molar-refractivity contribution in [3.05, 3.63) is 28.8 Å². The molecule has 0 aliphatic heterocycles. The predicted octanol–water partition coefficient (Wildman–Crippen LogP) is 4.10. The van der Waals surface area contributed by atoms with Crippen LogP contribution in [0.2, 0.25) is 5.02 Å². The number of hydrogen-bond donors (Lipinski definition) is 0. The van der Waals surface area contributed by atoms with E-state index in [4.69, 9.17) is 16.9 Å². The fraction of sp³-hybridized carbons (Fsp3) is 0.364. The highest BCUT2D eigenvalue weighted by Crippen LogP contribution is 2.28. The second-order valence-corrected chi connectivity index (χ2v) is 5.01. The van der Waals surface area contributed by atoms with Gasteiger partial charge in [-0.15, -0.1) is 11.8 Å². The molecule has 0 N–H and O–H groups in total. The maximum Gasteiger partial charge on any atom is 0.101 e. The van der Waals surface area contributed by atoms with Gasteiger partial charge < -0.3 is 0 Å². The molecule has 0 aliphatic carbocycles. The minimum Gasteiger partial charge on any atom is -0.192 e. The predicted molar refractivity (Wildman–Crippen MR) is 61.8 cm³/mol. The lowest BCUT2D eigenvalue weighted by Gasteiger charge is -2.08. The van der Waals surface area contributed by atoms with Gasteiger partial charge in [-0.1, -0.05) is 25.4 Å². The summed E-state index contributed by atoms with van der Waals surface area (Å²) >= 11 is 7.70. The molecule has 0 heterocycles. The van der Waals surface area contributed by atoms with Crippen molar-refractivity contribution >= 4 is 23.4 Å². The summed E-state index contributed by atoms with van der Waals surface area (Å²) < 4.78 is 0. The van der Waals surface area contributed by atoms with Gasteiger partial charge in [-0.3, -0.25) is 0 Å². The zero-order chi connectivity index (χ0) is 10.6. The minimum atomic E-state index is 0.542. The van der Waals surface area contributed by atoms with Crippen molar-refractivity contribution in [2.24, 2.45) is 0 Å². The van der Waals surface area contributed by atoms with Gasteiger partial charge in [0, 0.05) is 10.1 Å². The molecule has 0 spiro atoms. The first kappa shape index (κ1) is 11.4. The lowest BCUT2D eigenvalue weighted by atomic mass is 10.2. The molecule has 0 aliphatic rings. The number of benzene rings is 1. The Kier molecular flexibility index (Phi) is 4.31. The summed E-state index contributed by atoms with van der Waals surface area (Å²) in [4.78, 5) is 1.13. The first-order valence-corrected chi connectivity index (χ1v) is 5.79. The zero-order valence-electron chi connectivity index (χ0n) is 8.25. The SMILES string of the molecule is CCC(C)Sc1ccc(C#N)c(Cl)c1. The summed E-state index contributed by atoms with van der Waals surface area (Å²) in [6.07, 6.45) is 1.13. The van der Waals surface area contributed by atoms with Gasteiger partial charge in [0.25, 0.3) is 0 Å². The quantitative estimate of drug-likeness (QED) is 0.724. The van der Waals surface area contributed by atoms with Gasteiger partial charge in [-0.2, -0.15) is 5.26 Å². The molecular formula is C11H12ClNS. The second-order valence-electron chi connectivity index (χ2n) is 3.09. The van der Waals surface area contributed by atoms with E-state index in [-0.39, 0.29) is 0 Å². The Morgan fingerprint density at radius 1 is 1.57 bits per heavy atom. The average molecular weight is 226 g/mol. The summed E-state index contributed by atoms with van der Waals surface area (Å²) in [5, 5.41) is 9.82. The van der Waals surface area contributed by atoms with Crippen LogP contribution in [0.15, 0.2) is 23.1 Å². The van der Waals surface area contributed by atoms with Crippen molar-refractivity contribution in [3.63, 3.8) is 0 Å². The van der Waals surface area contributed by atoms with Gasteiger partial charge in [0.05, 0.1) is 10.6 Å². The third-order valence-electron chi connectivity index (χ3n) is 1.97. The van der Waals surface area contributed by atoms with Gasteiger partial charge in [0.1, 0.15) is 6.07 Å². The van der Waals surface area contributed by atoms with Gasteiger partial charge in [0.15, 0.2) is 0 Å². The Morgan fingerprint density at radius 3 is 2.79 bits per heavy atom. The van der Waals surface area contributed by atoms with Crippen LogP contribution in [0.1, 0.15) is 25.8 Å². The van der Waals surface area contributed by atoms with Crippen molar-refractivity contribution in [1.82, 2.24) is 0 Å². The van der Waals surface area contributed by atoms with Gasteiger partial charge >= 0.3 is 0 Å². The molecule has 1 unspecified atom stereocenters. The first-order chi connectivity index (χ1) is 6.67. The number of nitriles is 1. The molecule has 74 valence electrons. The molecule has 1 nitrogen and oxygen atoms in total. The fourth-order valence-corrected chi connectivity index (χ4v) is 2.23. The highest BCUT2D eigenvalue weighted by atomic mass is 35.5. The van der Waals surface area contributed by atoms with E-state index in [0.717, 1.165) is 11.3 Å². The number of hydrogen-bond acceptors (Lipinski definition) is 2. The van der Waals surface area contributed by atoms with E-state index in [1.165, 1.54) is 0 Å². The third-order valence-corrected chi connectivity index (χ3v) is 3.55. The molecule has 0 aromatic heterocycles. The van der Waals surface area contributed by atoms with Crippen LogP contribution >= 0.6 is 23.4 Å². The fourth-order valence-electron chi connectivity index (χ4n) is 0.975. The van der Waals surface area contributed by atoms with E-state index in [1.54, 1.807) is 17.8 Å². The summed E-state index contributed by atoms with van der Waals surface area (Å²) in [7, 11) is 0. The van der Waals surface area contributed by atoms with E-state index in [1.807, 2.05) is 18.2 Å². The van der Waals surface area contributed by atoms with Gasteiger partial charge in [0.2, 0.25) is 0 Å². The van der Waals surface area contributed by atoms with Crippen LogP contribution in [0, 0.1) is 11.3 Å². The Bertz CT molecular complexity index is 357. The average Bonchev–Trinajstić information content (AvgIpc) is 2.18. The van der Waals surface area contributed by atoms with Crippen molar-refractivity contribution < 1.29 is 0 Å². The molecule has 0 fully saturated rings. The largest absolute Gasteiger partial charge is 0.192 e. The van der Waals surface area contributed by atoms with Crippen molar-refractivity contribution in [3.8, 4) is 6.07 Å². The van der Waals surface area contributed by atoms with Crippen LogP contribution in [0.25, 0.3) is 0 Å². The molecule has 0 amide bonds. The maximum atomic E-state index is 8.70. The Hall–Kier alpha value is -0.650. The molecule has 0 bridgehead atoms. The molecule has 1 rings (SSSR count). The second kappa shape index (κ2) is 5.29.